The zero-order valence-corrected chi connectivity index (χ0v) is 10.9. The molecular weight excluding hydrogens is 246 g/mol. The third-order valence-electron chi connectivity index (χ3n) is 2.60. The predicted molar refractivity (Wildman–Crippen MR) is 71.9 cm³/mol. The van der Waals surface area contributed by atoms with E-state index in [0.717, 1.165) is 5.56 Å². The van der Waals surface area contributed by atoms with Gasteiger partial charge < -0.3 is 21.0 Å². The number of nitrogens with zero attached hydrogens (tertiary/aromatic N) is 1. The maximum atomic E-state index is 11.5. The van der Waals surface area contributed by atoms with Crippen LogP contribution in [0.2, 0.25) is 0 Å². The molecule has 1 rings (SSSR count). The third kappa shape index (κ3) is 5.39. The second-order valence-corrected chi connectivity index (χ2v) is 4.06. The number of hydrogen-bond acceptors (Lipinski definition) is 4. The number of amidine groups is 1. The van der Waals surface area contributed by atoms with Gasteiger partial charge in [-0.3, -0.25) is 4.79 Å². The SMILES string of the molecule is COCCCC(=O)NCc1ccc(C(N)=NO)cc1. The van der Waals surface area contributed by atoms with Gasteiger partial charge in [-0.1, -0.05) is 29.4 Å². The number of ether oxygens (including phenoxy) is 1. The Kier molecular flexibility index (Phi) is 6.38. The van der Waals surface area contributed by atoms with E-state index >= 15 is 0 Å². The highest BCUT2D eigenvalue weighted by atomic mass is 16.5. The second kappa shape index (κ2) is 8.10. The molecule has 0 aromatic heterocycles. The quantitative estimate of drug-likeness (QED) is 0.223. The molecule has 0 heterocycles. The van der Waals surface area contributed by atoms with Gasteiger partial charge in [-0.25, -0.2) is 0 Å². The van der Waals surface area contributed by atoms with Crippen LogP contribution in [0.4, 0.5) is 0 Å². The molecule has 19 heavy (non-hydrogen) atoms. The minimum absolute atomic E-state index is 0.00226. The molecule has 0 bridgehead atoms. The Hall–Kier alpha value is -2.08. The van der Waals surface area contributed by atoms with E-state index in [4.69, 9.17) is 15.7 Å². The van der Waals surface area contributed by atoms with Crippen molar-refractivity contribution in [2.45, 2.75) is 19.4 Å². The van der Waals surface area contributed by atoms with Gasteiger partial charge in [0.05, 0.1) is 0 Å². The first-order chi connectivity index (χ1) is 9.17. The van der Waals surface area contributed by atoms with Gasteiger partial charge in [-0.2, -0.15) is 0 Å². The lowest BCUT2D eigenvalue weighted by atomic mass is 10.1. The normalized spacial score (nSPS) is 11.3. The van der Waals surface area contributed by atoms with Crippen molar-refractivity contribution in [3.8, 4) is 0 Å². The van der Waals surface area contributed by atoms with Crippen molar-refractivity contribution >= 4 is 11.7 Å². The molecule has 0 radical (unpaired) electrons. The molecule has 0 fully saturated rings. The topological polar surface area (TPSA) is 96.9 Å². The van der Waals surface area contributed by atoms with E-state index in [1.54, 1.807) is 19.2 Å². The molecule has 0 saturated heterocycles. The van der Waals surface area contributed by atoms with E-state index in [2.05, 4.69) is 10.5 Å². The molecule has 6 nitrogen and oxygen atoms in total. The number of carbonyl (C=O) groups is 1. The van der Waals surface area contributed by atoms with E-state index < -0.39 is 0 Å². The van der Waals surface area contributed by atoms with Crippen molar-refractivity contribution in [3.05, 3.63) is 35.4 Å². The third-order valence-corrected chi connectivity index (χ3v) is 2.60. The fourth-order valence-electron chi connectivity index (χ4n) is 1.52. The van der Waals surface area contributed by atoms with Crippen molar-refractivity contribution in [1.82, 2.24) is 5.32 Å². The number of rotatable bonds is 7. The first-order valence-corrected chi connectivity index (χ1v) is 6.00. The number of nitrogens with one attached hydrogen (secondary N) is 1. The van der Waals surface area contributed by atoms with Crippen LogP contribution in [0.3, 0.4) is 0 Å². The Morgan fingerprint density at radius 3 is 2.68 bits per heavy atom. The van der Waals surface area contributed by atoms with Crippen LogP contribution in [0, 0.1) is 0 Å². The Labute approximate surface area is 112 Å². The Bertz CT molecular complexity index is 429. The first kappa shape index (κ1) is 15.0. The highest BCUT2D eigenvalue weighted by Crippen LogP contribution is 2.04. The molecule has 4 N–H and O–H groups in total. The van der Waals surface area contributed by atoms with Crippen molar-refractivity contribution in [1.29, 1.82) is 0 Å². The lowest BCUT2D eigenvalue weighted by molar-refractivity contribution is -0.121. The smallest absolute Gasteiger partial charge is 0.220 e. The van der Waals surface area contributed by atoms with E-state index in [0.29, 0.717) is 31.6 Å². The maximum Gasteiger partial charge on any atom is 0.220 e. The van der Waals surface area contributed by atoms with E-state index in [1.165, 1.54) is 0 Å². The van der Waals surface area contributed by atoms with Crippen LogP contribution in [0.15, 0.2) is 29.4 Å². The molecular formula is C13H19N3O3. The van der Waals surface area contributed by atoms with Crippen LogP contribution in [-0.2, 0) is 16.1 Å². The van der Waals surface area contributed by atoms with Gasteiger partial charge in [0.25, 0.3) is 0 Å². The summed E-state index contributed by atoms with van der Waals surface area (Å²) >= 11 is 0. The summed E-state index contributed by atoms with van der Waals surface area (Å²) in [6.45, 7) is 1.05. The second-order valence-electron chi connectivity index (χ2n) is 4.06. The molecule has 6 heteroatoms. The zero-order valence-electron chi connectivity index (χ0n) is 10.9. The van der Waals surface area contributed by atoms with Gasteiger partial charge in [0.1, 0.15) is 0 Å². The molecule has 1 amide bonds. The van der Waals surface area contributed by atoms with E-state index in [1.807, 2.05) is 12.1 Å². The Morgan fingerprint density at radius 1 is 1.42 bits per heavy atom. The van der Waals surface area contributed by atoms with E-state index in [9.17, 15) is 4.79 Å². The van der Waals surface area contributed by atoms with Gasteiger partial charge in [0.2, 0.25) is 5.91 Å². The lowest BCUT2D eigenvalue weighted by Crippen LogP contribution is -2.22. The van der Waals surface area contributed by atoms with Crippen LogP contribution in [0.5, 0.6) is 0 Å². The molecule has 1 aromatic rings. The highest BCUT2D eigenvalue weighted by Gasteiger charge is 2.02. The molecule has 0 aliphatic heterocycles. The summed E-state index contributed by atoms with van der Waals surface area (Å²) in [7, 11) is 1.61. The van der Waals surface area contributed by atoms with Crippen molar-refractivity contribution in [2.75, 3.05) is 13.7 Å². The largest absolute Gasteiger partial charge is 0.409 e. The number of carbonyl (C=O) groups excluding carboxylic acids is 1. The summed E-state index contributed by atoms with van der Waals surface area (Å²) in [5.74, 6) is 0.0627. The van der Waals surface area contributed by atoms with Gasteiger partial charge in [-0.15, -0.1) is 0 Å². The molecule has 0 saturated carbocycles. The monoisotopic (exact) mass is 265 g/mol. The fraction of sp³-hybridized carbons (Fsp3) is 0.385. The Balaban J connectivity index is 2.39. The number of benzene rings is 1. The number of amides is 1. The lowest BCUT2D eigenvalue weighted by Gasteiger charge is -2.06. The zero-order chi connectivity index (χ0) is 14.1. The number of oxime groups is 1. The minimum Gasteiger partial charge on any atom is -0.409 e. The molecule has 0 unspecified atom stereocenters. The first-order valence-electron chi connectivity index (χ1n) is 6.00. The highest BCUT2D eigenvalue weighted by molar-refractivity contribution is 5.96. The summed E-state index contributed by atoms with van der Waals surface area (Å²) in [6, 6.07) is 7.12. The van der Waals surface area contributed by atoms with Crippen molar-refractivity contribution in [2.24, 2.45) is 10.9 Å². The average molecular weight is 265 g/mol. The van der Waals surface area contributed by atoms with E-state index in [-0.39, 0.29) is 11.7 Å². The summed E-state index contributed by atoms with van der Waals surface area (Å²) in [5.41, 5.74) is 7.04. The van der Waals surface area contributed by atoms with Crippen LogP contribution in [-0.4, -0.2) is 30.7 Å². The van der Waals surface area contributed by atoms with Crippen LogP contribution < -0.4 is 11.1 Å². The summed E-state index contributed by atoms with van der Waals surface area (Å²) in [6.07, 6.45) is 1.17. The van der Waals surface area contributed by atoms with Crippen molar-refractivity contribution in [3.63, 3.8) is 0 Å². The summed E-state index contributed by atoms with van der Waals surface area (Å²) < 4.78 is 4.88. The molecule has 104 valence electrons. The molecule has 0 atom stereocenters. The summed E-state index contributed by atoms with van der Waals surface area (Å²) in [4.78, 5) is 11.5. The minimum atomic E-state index is -0.00226. The number of nitrogens with two attached hydrogens (primary N) is 1. The predicted octanol–water partition coefficient (Wildman–Crippen LogP) is 0.824. The van der Waals surface area contributed by atoms with Gasteiger partial charge >= 0.3 is 0 Å². The summed E-state index contributed by atoms with van der Waals surface area (Å²) in [5, 5.41) is 14.3. The molecule has 1 aromatic carbocycles. The maximum absolute atomic E-state index is 11.5. The Morgan fingerprint density at radius 2 is 2.11 bits per heavy atom. The van der Waals surface area contributed by atoms with Gasteiger partial charge in [0.15, 0.2) is 5.84 Å². The van der Waals surface area contributed by atoms with Crippen LogP contribution in [0.25, 0.3) is 0 Å². The molecule has 0 spiro atoms. The van der Waals surface area contributed by atoms with Crippen molar-refractivity contribution < 1.29 is 14.7 Å². The van der Waals surface area contributed by atoms with Crippen LogP contribution >= 0.6 is 0 Å². The average Bonchev–Trinajstić information content (AvgIpc) is 2.45. The standard InChI is InChI=1S/C13H19N3O3/c1-19-8-2-3-12(17)15-9-10-4-6-11(7-5-10)13(14)16-18/h4-7,18H,2-3,8-9H2,1H3,(H2,14,16)(H,15,17). The van der Waals surface area contributed by atoms with Gasteiger partial charge in [-0.05, 0) is 12.0 Å². The fourth-order valence-corrected chi connectivity index (χ4v) is 1.52. The van der Waals surface area contributed by atoms with Crippen LogP contribution in [0.1, 0.15) is 24.0 Å². The number of hydrogen-bond donors (Lipinski definition) is 3. The molecule has 0 aliphatic rings. The van der Waals surface area contributed by atoms with Gasteiger partial charge in [0, 0.05) is 32.2 Å². The molecule has 0 aliphatic carbocycles. The number of methoxy groups -OCH3 is 1.